The van der Waals surface area contributed by atoms with Crippen LogP contribution in [-0.4, -0.2) is 37.4 Å². The summed E-state index contributed by atoms with van der Waals surface area (Å²) in [4.78, 5) is 37.5. The molecule has 3 amide bonds. The van der Waals surface area contributed by atoms with Crippen LogP contribution in [0.5, 0.6) is 0 Å². The largest absolute Gasteiger partial charge is 0.354 e. The fourth-order valence-electron chi connectivity index (χ4n) is 2.72. The van der Waals surface area contributed by atoms with E-state index in [2.05, 4.69) is 10.6 Å². The molecule has 0 bridgehead atoms. The number of amides is 3. The smallest absolute Gasteiger partial charge is 0.227 e. The maximum Gasteiger partial charge on any atom is 0.227 e. The zero-order chi connectivity index (χ0) is 17.5. The first-order chi connectivity index (χ1) is 11.5. The van der Waals surface area contributed by atoms with Gasteiger partial charge >= 0.3 is 0 Å². The predicted molar refractivity (Wildman–Crippen MR) is 92.4 cm³/mol. The summed E-state index contributed by atoms with van der Waals surface area (Å²) in [7, 11) is 0. The molecule has 1 atom stereocenters. The minimum absolute atomic E-state index is 0.00875. The summed E-state index contributed by atoms with van der Waals surface area (Å²) in [5, 5.41) is 5.57. The van der Waals surface area contributed by atoms with Gasteiger partial charge in [-0.3, -0.25) is 14.4 Å². The SMILES string of the molecule is CC(C)CC(=O)NCCNC(=O)C1CC(=O)N(c2ccccc2)C1. The first-order valence-electron chi connectivity index (χ1n) is 8.37. The number of anilines is 1. The number of carbonyl (C=O) groups excluding carboxylic acids is 3. The molecular weight excluding hydrogens is 306 g/mol. The molecule has 6 nitrogen and oxygen atoms in total. The van der Waals surface area contributed by atoms with E-state index in [1.54, 1.807) is 4.90 Å². The summed E-state index contributed by atoms with van der Waals surface area (Å²) in [6.07, 6.45) is 0.706. The molecule has 1 aromatic carbocycles. The van der Waals surface area contributed by atoms with Crippen molar-refractivity contribution < 1.29 is 14.4 Å². The van der Waals surface area contributed by atoms with Crippen LogP contribution in [0.3, 0.4) is 0 Å². The Bertz CT molecular complexity index is 586. The second kappa shape index (κ2) is 8.47. The first-order valence-corrected chi connectivity index (χ1v) is 8.37. The highest BCUT2D eigenvalue weighted by Crippen LogP contribution is 2.24. The fourth-order valence-corrected chi connectivity index (χ4v) is 2.72. The molecule has 1 unspecified atom stereocenters. The van der Waals surface area contributed by atoms with Crippen molar-refractivity contribution in [3.63, 3.8) is 0 Å². The lowest BCUT2D eigenvalue weighted by Crippen LogP contribution is -2.38. The van der Waals surface area contributed by atoms with Gasteiger partial charge in [-0.1, -0.05) is 32.0 Å². The molecule has 0 radical (unpaired) electrons. The highest BCUT2D eigenvalue weighted by Gasteiger charge is 2.34. The third-order valence-corrected chi connectivity index (χ3v) is 3.90. The van der Waals surface area contributed by atoms with Crippen molar-refractivity contribution in [2.75, 3.05) is 24.5 Å². The molecule has 1 aliphatic rings. The number of hydrogen-bond acceptors (Lipinski definition) is 3. The van der Waals surface area contributed by atoms with E-state index in [1.165, 1.54) is 0 Å². The highest BCUT2D eigenvalue weighted by atomic mass is 16.2. The van der Waals surface area contributed by atoms with Crippen molar-refractivity contribution in [3.05, 3.63) is 30.3 Å². The van der Waals surface area contributed by atoms with Gasteiger partial charge < -0.3 is 15.5 Å². The molecule has 0 aromatic heterocycles. The van der Waals surface area contributed by atoms with Gasteiger partial charge in [0.25, 0.3) is 0 Å². The number of carbonyl (C=O) groups is 3. The van der Waals surface area contributed by atoms with Crippen molar-refractivity contribution in [1.29, 1.82) is 0 Å². The maximum atomic E-state index is 12.2. The zero-order valence-corrected chi connectivity index (χ0v) is 14.2. The van der Waals surface area contributed by atoms with E-state index in [0.717, 1.165) is 5.69 Å². The van der Waals surface area contributed by atoms with Crippen molar-refractivity contribution in [3.8, 4) is 0 Å². The van der Waals surface area contributed by atoms with Crippen LogP contribution in [0.15, 0.2) is 30.3 Å². The van der Waals surface area contributed by atoms with Gasteiger partial charge in [0.05, 0.1) is 5.92 Å². The van der Waals surface area contributed by atoms with Crippen LogP contribution in [0.1, 0.15) is 26.7 Å². The van der Waals surface area contributed by atoms with Crippen LogP contribution in [0.2, 0.25) is 0 Å². The molecule has 2 rings (SSSR count). The Labute approximate surface area is 142 Å². The van der Waals surface area contributed by atoms with Crippen LogP contribution >= 0.6 is 0 Å². The van der Waals surface area contributed by atoms with Crippen LogP contribution < -0.4 is 15.5 Å². The Kier molecular flexibility index (Phi) is 6.35. The van der Waals surface area contributed by atoms with E-state index in [9.17, 15) is 14.4 Å². The molecule has 0 spiro atoms. The molecule has 6 heteroatoms. The summed E-state index contributed by atoms with van der Waals surface area (Å²) < 4.78 is 0. The van der Waals surface area contributed by atoms with Crippen LogP contribution in [0.25, 0.3) is 0 Å². The standard InChI is InChI=1S/C18H25N3O3/c1-13(2)10-16(22)19-8-9-20-18(24)14-11-17(23)21(12-14)15-6-4-3-5-7-15/h3-7,13-14H,8-12H2,1-2H3,(H,19,22)(H,20,24). The van der Waals surface area contributed by atoms with Crippen molar-refractivity contribution in [1.82, 2.24) is 10.6 Å². The molecule has 1 aliphatic heterocycles. The summed E-state index contributed by atoms with van der Waals surface area (Å²) in [5.41, 5.74) is 0.818. The predicted octanol–water partition coefficient (Wildman–Crippen LogP) is 1.32. The first kappa shape index (κ1) is 18.0. The lowest BCUT2D eigenvalue weighted by molar-refractivity contribution is -0.126. The average molecular weight is 331 g/mol. The quantitative estimate of drug-likeness (QED) is 0.740. The normalized spacial score (nSPS) is 17.2. The Hall–Kier alpha value is -2.37. The van der Waals surface area contributed by atoms with Gasteiger partial charge in [0.15, 0.2) is 0 Å². The van der Waals surface area contributed by atoms with Crippen LogP contribution in [-0.2, 0) is 14.4 Å². The summed E-state index contributed by atoms with van der Waals surface area (Å²) in [6.45, 7) is 5.14. The van der Waals surface area contributed by atoms with Gasteiger partial charge in [-0.15, -0.1) is 0 Å². The number of rotatable bonds is 7. The van der Waals surface area contributed by atoms with Gasteiger partial charge in [-0.2, -0.15) is 0 Å². The van der Waals surface area contributed by atoms with E-state index < -0.39 is 0 Å². The van der Waals surface area contributed by atoms with Crippen molar-refractivity contribution in [2.24, 2.45) is 11.8 Å². The van der Waals surface area contributed by atoms with Gasteiger partial charge in [0.2, 0.25) is 17.7 Å². The highest BCUT2D eigenvalue weighted by molar-refractivity contribution is 6.00. The van der Waals surface area contributed by atoms with E-state index in [0.29, 0.717) is 32.0 Å². The minimum atomic E-state index is -0.343. The number of para-hydroxylation sites is 1. The van der Waals surface area contributed by atoms with E-state index in [4.69, 9.17) is 0 Å². The maximum absolute atomic E-state index is 12.2. The molecule has 24 heavy (non-hydrogen) atoms. The Morgan fingerprint density at radius 3 is 2.50 bits per heavy atom. The second-order valence-electron chi connectivity index (χ2n) is 6.48. The molecule has 2 N–H and O–H groups in total. The summed E-state index contributed by atoms with van der Waals surface area (Å²) in [5.74, 6) is -0.214. The molecule has 0 aliphatic carbocycles. The topological polar surface area (TPSA) is 78.5 Å². The van der Waals surface area contributed by atoms with Crippen molar-refractivity contribution in [2.45, 2.75) is 26.7 Å². The molecule has 1 aromatic rings. The lowest BCUT2D eigenvalue weighted by Gasteiger charge is -2.16. The number of nitrogens with zero attached hydrogens (tertiary/aromatic N) is 1. The monoisotopic (exact) mass is 331 g/mol. The molecule has 1 saturated heterocycles. The number of nitrogens with one attached hydrogen (secondary N) is 2. The van der Waals surface area contributed by atoms with Gasteiger partial charge in [0.1, 0.15) is 0 Å². The third kappa shape index (κ3) is 5.08. The molecular formula is C18H25N3O3. The van der Waals surface area contributed by atoms with Crippen LogP contribution in [0.4, 0.5) is 5.69 Å². The molecule has 130 valence electrons. The summed E-state index contributed by atoms with van der Waals surface area (Å²) in [6, 6.07) is 9.36. The average Bonchev–Trinajstić information content (AvgIpc) is 2.93. The van der Waals surface area contributed by atoms with E-state index >= 15 is 0 Å². The Morgan fingerprint density at radius 1 is 1.17 bits per heavy atom. The Morgan fingerprint density at radius 2 is 1.83 bits per heavy atom. The van der Waals surface area contributed by atoms with Crippen molar-refractivity contribution >= 4 is 23.4 Å². The molecule has 1 heterocycles. The minimum Gasteiger partial charge on any atom is -0.354 e. The number of benzene rings is 1. The van der Waals surface area contributed by atoms with Gasteiger partial charge in [-0.05, 0) is 18.1 Å². The third-order valence-electron chi connectivity index (χ3n) is 3.90. The van der Waals surface area contributed by atoms with E-state index in [-0.39, 0.29) is 30.1 Å². The zero-order valence-electron chi connectivity index (χ0n) is 14.2. The fraction of sp³-hybridized carbons (Fsp3) is 0.500. The van der Waals surface area contributed by atoms with Gasteiger partial charge in [0, 0.05) is 38.2 Å². The number of hydrogen-bond donors (Lipinski definition) is 2. The van der Waals surface area contributed by atoms with Gasteiger partial charge in [-0.25, -0.2) is 0 Å². The summed E-state index contributed by atoms with van der Waals surface area (Å²) >= 11 is 0. The van der Waals surface area contributed by atoms with Crippen LogP contribution in [0, 0.1) is 11.8 Å². The molecule has 1 fully saturated rings. The lowest BCUT2D eigenvalue weighted by atomic mass is 10.1. The Balaban J connectivity index is 1.74. The second-order valence-corrected chi connectivity index (χ2v) is 6.48. The van der Waals surface area contributed by atoms with E-state index in [1.807, 2.05) is 44.2 Å². The molecule has 0 saturated carbocycles.